The average molecular weight is 213 g/mol. The number of nitrogens with one attached hydrogen (secondary N) is 1. The summed E-state index contributed by atoms with van der Waals surface area (Å²) >= 11 is 0. The van der Waals surface area contributed by atoms with E-state index in [-0.39, 0.29) is 0 Å². The van der Waals surface area contributed by atoms with Gasteiger partial charge in [-0.2, -0.15) is 0 Å². The van der Waals surface area contributed by atoms with Gasteiger partial charge in [0, 0.05) is 6.04 Å². The van der Waals surface area contributed by atoms with Crippen LogP contribution in [0.2, 0.25) is 0 Å². The molecule has 0 aromatic rings. The minimum absolute atomic E-state index is 0.737. The van der Waals surface area contributed by atoms with Gasteiger partial charge in [0.05, 0.1) is 0 Å². The van der Waals surface area contributed by atoms with Crippen molar-refractivity contribution >= 4 is 0 Å². The number of hydrogen-bond donors (Lipinski definition) is 1. The summed E-state index contributed by atoms with van der Waals surface area (Å²) < 4.78 is 0. The molecule has 0 aliphatic rings. The third kappa shape index (κ3) is 7.84. The van der Waals surface area contributed by atoms with Crippen molar-refractivity contribution in [2.45, 2.75) is 78.2 Å². The van der Waals surface area contributed by atoms with Crippen molar-refractivity contribution in [2.75, 3.05) is 7.05 Å². The molecule has 0 aliphatic heterocycles. The summed E-state index contributed by atoms with van der Waals surface area (Å²) in [5.41, 5.74) is 0. The summed E-state index contributed by atoms with van der Waals surface area (Å²) in [7, 11) is 2.11. The van der Waals surface area contributed by atoms with Crippen LogP contribution in [0, 0.1) is 5.92 Å². The van der Waals surface area contributed by atoms with Crippen LogP contribution in [-0.2, 0) is 0 Å². The standard InChI is InChI=1S/C14H31N/c1-5-7-8-9-10-12-13(3)14(15-4)11-6-2/h13-15H,5-12H2,1-4H3. The number of hydrogen-bond acceptors (Lipinski definition) is 1. The molecule has 0 spiro atoms. The fraction of sp³-hybridized carbons (Fsp3) is 1.00. The fourth-order valence-corrected chi connectivity index (χ4v) is 2.30. The summed E-state index contributed by atoms with van der Waals surface area (Å²) in [5, 5.41) is 3.45. The van der Waals surface area contributed by atoms with Gasteiger partial charge in [-0.25, -0.2) is 0 Å². The highest BCUT2D eigenvalue weighted by molar-refractivity contribution is 4.71. The van der Waals surface area contributed by atoms with E-state index in [0.29, 0.717) is 0 Å². The van der Waals surface area contributed by atoms with Crippen molar-refractivity contribution < 1.29 is 0 Å². The Morgan fingerprint density at radius 3 is 2.07 bits per heavy atom. The largest absolute Gasteiger partial charge is 0.317 e. The van der Waals surface area contributed by atoms with Gasteiger partial charge in [-0.15, -0.1) is 0 Å². The van der Waals surface area contributed by atoms with Crippen LogP contribution in [0.15, 0.2) is 0 Å². The summed E-state index contributed by atoms with van der Waals surface area (Å²) in [6, 6.07) is 0.737. The molecule has 0 amide bonds. The first kappa shape index (κ1) is 15.0. The Kier molecular flexibility index (Phi) is 10.4. The lowest BCUT2D eigenvalue weighted by Crippen LogP contribution is -2.31. The lowest BCUT2D eigenvalue weighted by Gasteiger charge is -2.23. The number of unbranched alkanes of at least 4 members (excludes halogenated alkanes) is 4. The Morgan fingerprint density at radius 2 is 1.53 bits per heavy atom. The van der Waals surface area contributed by atoms with Gasteiger partial charge >= 0.3 is 0 Å². The van der Waals surface area contributed by atoms with Gasteiger partial charge < -0.3 is 5.32 Å². The zero-order valence-corrected chi connectivity index (χ0v) is 11.3. The fourth-order valence-electron chi connectivity index (χ4n) is 2.30. The third-order valence-corrected chi connectivity index (χ3v) is 3.42. The molecule has 0 saturated heterocycles. The van der Waals surface area contributed by atoms with Gasteiger partial charge in [-0.1, -0.05) is 59.3 Å². The Bertz CT molecular complexity index is 123. The molecule has 2 atom stereocenters. The monoisotopic (exact) mass is 213 g/mol. The van der Waals surface area contributed by atoms with Gasteiger partial charge in [0.2, 0.25) is 0 Å². The summed E-state index contributed by atoms with van der Waals surface area (Å²) in [4.78, 5) is 0. The molecule has 2 unspecified atom stereocenters. The molecule has 0 aliphatic carbocycles. The highest BCUT2D eigenvalue weighted by Crippen LogP contribution is 2.17. The van der Waals surface area contributed by atoms with Gasteiger partial charge in [0.25, 0.3) is 0 Å². The van der Waals surface area contributed by atoms with E-state index >= 15 is 0 Å². The van der Waals surface area contributed by atoms with Crippen molar-refractivity contribution in [3.8, 4) is 0 Å². The quantitative estimate of drug-likeness (QED) is 0.531. The van der Waals surface area contributed by atoms with E-state index in [1.54, 1.807) is 0 Å². The minimum Gasteiger partial charge on any atom is -0.317 e. The van der Waals surface area contributed by atoms with Crippen LogP contribution < -0.4 is 5.32 Å². The SMILES string of the molecule is CCCCCCCC(C)C(CCC)NC. The molecule has 0 radical (unpaired) electrons. The maximum atomic E-state index is 3.45. The molecule has 15 heavy (non-hydrogen) atoms. The van der Waals surface area contributed by atoms with Crippen molar-refractivity contribution in [1.29, 1.82) is 0 Å². The molecule has 92 valence electrons. The van der Waals surface area contributed by atoms with Crippen LogP contribution in [-0.4, -0.2) is 13.1 Å². The molecular weight excluding hydrogens is 182 g/mol. The molecular formula is C14H31N. The Labute approximate surface area is 97.0 Å². The van der Waals surface area contributed by atoms with E-state index < -0.39 is 0 Å². The molecule has 0 heterocycles. The lowest BCUT2D eigenvalue weighted by atomic mass is 9.92. The first-order valence-electron chi connectivity index (χ1n) is 6.93. The maximum Gasteiger partial charge on any atom is 0.00895 e. The highest BCUT2D eigenvalue weighted by Gasteiger charge is 2.13. The van der Waals surface area contributed by atoms with Crippen molar-refractivity contribution in [1.82, 2.24) is 5.32 Å². The van der Waals surface area contributed by atoms with E-state index in [2.05, 4.69) is 33.1 Å². The highest BCUT2D eigenvalue weighted by atomic mass is 14.9. The third-order valence-electron chi connectivity index (χ3n) is 3.42. The molecule has 1 heteroatoms. The molecule has 0 rings (SSSR count). The zero-order valence-electron chi connectivity index (χ0n) is 11.3. The zero-order chi connectivity index (χ0) is 11.5. The first-order valence-corrected chi connectivity index (χ1v) is 6.93. The predicted molar refractivity (Wildman–Crippen MR) is 70.3 cm³/mol. The maximum absolute atomic E-state index is 3.45. The average Bonchev–Trinajstić information content (AvgIpc) is 2.25. The van der Waals surface area contributed by atoms with Crippen LogP contribution in [0.1, 0.15) is 72.1 Å². The Morgan fingerprint density at radius 1 is 0.867 bits per heavy atom. The lowest BCUT2D eigenvalue weighted by molar-refractivity contribution is 0.344. The van der Waals surface area contributed by atoms with Crippen molar-refractivity contribution in [3.05, 3.63) is 0 Å². The Balaban J connectivity index is 3.48. The molecule has 1 N–H and O–H groups in total. The molecule has 1 nitrogen and oxygen atoms in total. The van der Waals surface area contributed by atoms with Crippen LogP contribution in [0.25, 0.3) is 0 Å². The van der Waals surface area contributed by atoms with Crippen LogP contribution in [0.4, 0.5) is 0 Å². The second-order valence-electron chi connectivity index (χ2n) is 4.86. The van der Waals surface area contributed by atoms with E-state index in [1.165, 1.54) is 51.4 Å². The molecule has 0 bridgehead atoms. The molecule has 0 fully saturated rings. The van der Waals surface area contributed by atoms with Crippen molar-refractivity contribution in [2.24, 2.45) is 5.92 Å². The van der Waals surface area contributed by atoms with E-state index in [9.17, 15) is 0 Å². The van der Waals surface area contributed by atoms with Gasteiger partial charge in [-0.3, -0.25) is 0 Å². The Hall–Kier alpha value is -0.0400. The van der Waals surface area contributed by atoms with Crippen LogP contribution >= 0.6 is 0 Å². The molecule has 0 aromatic carbocycles. The topological polar surface area (TPSA) is 12.0 Å². The van der Waals surface area contributed by atoms with Gasteiger partial charge in [0.15, 0.2) is 0 Å². The minimum atomic E-state index is 0.737. The summed E-state index contributed by atoms with van der Waals surface area (Å²) in [6.45, 7) is 6.95. The summed E-state index contributed by atoms with van der Waals surface area (Å²) in [6.07, 6.45) is 11.1. The van der Waals surface area contributed by atoms with E-state index in [4.69, 9.17) is 0 Å². The summed E-state index contributed by atoms with van der Waals surface area (Å²) in [5.74, 6) is 0.844. The van der Waals surface area contributed by atoms with Crippen molar-refractivity contribution in [3.63, 3.8) is 0 Å². The molecule has 0 saturated carbocycles. The number of rotatable bonds is 10. The van der Waals surface area contributed by atoms with E-state index in [1.807, 2.05) is 0 Å². The van der Waals surface area contributed by atoms with E-state index in [0.717, 1.165) is 12.0 Å². The predicted octanol–water partition coefficient (Wildman–Crippen LogP) is 4.37. The second-order valence-corrected chi connectivity index (χ2v) is 4.86. The van der Waals surface area contributed by atoms with Gasteiger partial charge in [-0.05, 0) is 25.8 Å². The van der Waals surface area contributed by atoms with Crippen LogP contribution in [0.3, 0.4) is 0 Å². The normalized spacial score (nSPS) is 15.2. The van der Waals surface area contributed by atoms with Crippen LogP contribution in [0.5, 0.6) is 0 Å². The smallest absolute Gasteiger partial charge is 0.00895 e. The second kappa shape index (κ2) is 10.5. The molecule has 0 aromatic heterocycles. The first-order chi connectivity index (χ1) is 7.26. The van der Waals surface area contributed by atoms with Gasteiger partial charge in [0.1, 0.15) is 0 Å².